The average Bonchev–Trinajstić information content (AvgIpc) is 2.29. The van der Waals surface area contributed by atoms with E-state index in [1.54, 1.807) is 0 Å². The first-order chi connectivity index (χ1) is 5.20. The molecule has 1 aliphatic heterocycles. The van der Waals surface area contributed by atoms with Crippen LogP contribution in [0.1, 0.15) is 20.8 Å². The second kappa shape index (κ2) is 1.97. The number of nitrogens with one attached hydrogen (secondary N) is 1. The number of aromatic nitrogens is 1. The molecule has 0 radical (unpaired) electrons. The maximum Gasteiger partial charge on any atom is 0.129 e. The Labute approximate surface area is 68.1 Å². The minimum absolute atomic E-state index is 0. The molecule has 0 fully saturated rings. The van der Waals surface area contributed by atoms with Crippen LogP contribution in [0.3, 0.4) is 0 Å². The lowest BCUT2D eigenvalue weighted by molar-refractivity contribution is 0.586. The van der Waals surface area contributed by atoms with E-state index >= 15 is 0 Å². The van der Waals surface area contributed by atoms with Crippen LogP contribution in [-0.4, -0.2) is 11.5 Å². The summed E-state index contributed by atoms with van der Waals surface area (Å²) in [6.45, 7) is 5.46. The summed E-state index contributed by atoms with van der Waals surface area (Å²) in [5, 5.41) is 3.28. The number of pyridine rings is 1. The molecule has 0 unspecified atom stereocenters. The number of hydrogen-bond acceptors (Lipinski definition) is 2. The molecule has 11 heavy (non-hydrogen) atoms. The number of hydrogen-bond donors (Lipinski definition) is 1. The summed E-state index contributed by atoms with van der Waals surface area (Å²) >= 11 is 0. The molecule has 0 spiro atoms. The van der Waals surface area contributed by atoms with E-state index in [1.807, 2.05) is 12.3 Å². The van der Waals surface area contributed by atoms with Gasteiger partial charge in [0.1, 0.15) is 5.82 Å². The van der Waals surface area contributed by atoms with E-state index in [4.69, 9.17) is 0 Å². The fraction of sp³-hybridized carbons (Fsp3) is 0.444. The molecular weight excluding hydrogens is 136 g/mol. The molecule has 0 saturated carbocycles. The molecule has 2 rings (SSSR count). The SMILES string of the molecule is CC1(C)CNc2ncccc21.[HH]. The molecule has 0 amide bonds. The van der Waals surface area contributed by atoms with Gasteiger partial charge in [0.2, 0.25) is 0 Å². The predicted octanol–water partition coefficient (Wildman–Crippen LogP) is 2.03. The Bertz CT molecular complexity index is 284. The first-order valence-corrected chi connectivity index (χ1v) is 3.89. The van der Waals surface area contributed by atoms with Crippen molar-refractivity contribution in [1.29, 1.82) is 0 Å². The molecule has 2 heterocycles. The Morgan fingerprint density at radius 3 is 3.18 bits per heavy atom. The van der Waals surface area contributed by atoms with E-state index in [9.17, 15) is 0 Å². The highest BCUT2D eigenvalue weighted by atomic mass is 15.0. The third-order valence-electron chi connectivity index (χ3n) is 2.23. The summed E-state index contributed by atoms with van der Waals surface area (Å²) in [4.78, 5) is 4.24. The topological polar surface area (TPSA) is 24.9 Å². The van der Waals surface area contributed by atoms with Crippen molar-refractivity contribution in [2.24, 2.45) is 0 Å². The van der Waals surface area contributed by atoms with Crippen molar-refractivity contribution in [2.75, 3.05) is 11.9 Å². The Morgan fingerprint density at radius 1 is 1.64 bits per heavy atom. The zero-order chi connectivity index (χ0) is 7.90. The van der Waals surface area contributed by atoms with Gasteiger partial charge in [0.15, 0.2) is 0 Å². The normalized spacial score (nSPS) is 19.1. The summed E-state index contributed by atoms with van der Waals surface area (Å²) in [6.07, 6.45) is 1.83. The molecule has 1 aromatic rings. The maximum atomic E-state index is 4.24. The Kier molecular flexibility index (Phi) is 1.19. The molecule has 1 N–H and O–H groups in total. The van der Waals surface area contributed by atoms with Crippen molar-refractivity contribution in [2.45, 2.75) is 19.3 Å². The van der Waals surface area contributed by atoms with E-state index in [0.717, 1.165) is 12.4 Å². The van der Waals surface area contributed by atoms with Crippen molar-refractivity contribution in [3.8, 4) is 0 Å². The molecule has 1 aliphatic rings. The summed E-state index contributed by atoms with van der Waals surface area (Å²) in [7, 11) is 0. The van der Waals surface area contributed by atoms with Crippen LogP contribution in [0, 0.1) is 0 Å². The molecule has 60 valence electrons. The Hall–Kier alpha value is -1.05. The first-order valence-electron chi connectivity index (χ1n) is 3.89. The lowest BCUT2D eigenvalue weighted by Gasteiger charge is -2.15. The lowest BCUT2D eigenvalue weighted by Crippen LogP contribution is -2.18. The van der Waals surface area contributed by atoms with Crippen LogP contribution >= 0.6 is 0 Å². The largest absolute Gasteiger partial charge is 0.369 e. The molecule has 1 aromatic heterocycles. The number of fused-ring (bicyclic) bond motifs is 1. The summed E-state index contributed by atoms with van der Waals surface area (Å²) in [6, 6.07) is 4.13. The smallest absolute Gasteiger partial charge is 0.129 e. The van der Waals surface area contributed by atoms with Gasteiger partial charge in [0, 0.05) is 25.1 Å². The van der Waals surface area contributed by atoms with Crippen LogP contribution < -0.4 is 5.32 Å². The minimum Gasteiger partial charge on any atom is -0.369 e. The van der Waals surface area contributed by atoms with Gasteiger partial charge in [-0.25, -0.2) is 4.98 Å². The minimum atomic E-state index is 0. The Morgan fingerprint density at radius 2 is 2.45 bits per heavy atom. The molecular formula is C9H14N2. The van der Waals surface area contributed by atoms with Crippen molar-refractivity contribution in [1.82, 2.24) is 4.98 Å². The Balaban J connectivity index is 0.000000720. The molecule has 0 saturated heterocycles. The van der Waals surface area contributed by atoms with Crippen LogP contribution in [0.4, 0.5) is 5.82 Å². The van der Waals surface area contributed by atoms with Gasteiger partial charge in [0.05, 0.1) is 0 Å². The van der Waals surface area contributed by atoms with E-state index in [1.165, 1.54) is 5.56 Å². The molecule has 0 aliphatic carbocycles. The van der Waals surface area contributed by atoms with E-state index in [2.05, 4.69) is 30.2 Å². The highest BCUT2D eigenvalue weighted by Crippen LogP contribution is 2.33. The summed E-state index contributed by atoms with van der Waals surface area (Å²) < 4.78 is 0. The highest BCUT2D eigenvalue weighted by Gasteiger charge is 2.29. The molecule has 2 heteroatoms. The van der Waals surface area contributed by atoms with Gasteiger partial charge in [-0.3, -0.25) is 0 Å². The maximum absolute atomic E-state index is 4.24. The van der Waals surface area contributed by atoms with Gasteiger partial charge in [-0.2, -0.15) is 0 Å². The van der Waals surface area contributed by atoms with Gasteiger partial charge in [-0.15, -0.1) is 0 Å². The monoisotopic (exact) mass is 150 g/mol. The summed E-state index contributed by atoms with van der Waals surface area (Å²) in [5.74, 6) is 1.05. The molecule has 0 bridgehead atoms. The van der Waals surface area contributed by atoms with E-state index in [-0.39, 0.29) is 6.84 Å². The van der Waals surface area contributed by atoms with Gasteiger partial charge in [-0.1, -0.05) is 19.9 Å². The van der Waals surface area contributed by atoms with Crippen molar-refractivity contribution < 1.29 is 1.43 Å². The summed E-state index contributed by atoms with van der Waals surface area (Å²) in [5.41, 5.74) is 1.59. The van der Waals surface area contributed by atoms with E-state index < -0.39 is 0 Å². The van der Waals surface area contributed by atoms with Gasteiger partial charge in [-0.05, 0) is 6.07 Å². The fourth-order valence-electron chi connectivity index (χ4n) is 1.49. The molecule has 0 atom stereocenters. The van der Waals surface area contributed by atoms with Crippen LogP contribution in [-0.2, 0) is 5.41 Å². The van der Waals surface area contributed by atoms with E-state index in [0.29, 0.717) is 0 Å². The average molecular weight is 150 g/mol. The standard InChI is InChI=1S/C9H12N2.H2/c1-9(2)6-11-8-7(9)4-3-5-10-8;/h3-5H,6H2,1-2H3,(H,10,11);1H. The van der Waals surface area contributed by atoms with Crippen molar-refractivity contribution in [3.63, 3.8) is 0 Å². The van der Waals surface area contributed by atoms with Crippen LogP contribution in [0.2, 0.25) is 0 Å². The van der Waals surface area contributed by atoms with Gasteiger partial charge >= 0.3 is 0 Å². The van der Waals surface area contributed by atoms with Crippen LogP contribution in [0.15, 0.2) is 18.3 Å². The van der Waals surface area contributed by atoms with Crippen LogP contribution in [0.5, 0.6) is 0 Å². The van der Waals surface area contributed by atoms with Crippen LogP contribution in [0.25, 0.3) is 0 Å². The molecule has 0 aromatic carbocycles. The van der Waals surface area contributed by atoms with Crippen molar-refractivity contribution >= 4 is 5.82 Å². The second-order valence-corrected chi connectivity index (χ2v) is 3.64. The number of anilines is 1. The highest BCUT2D eigenvalue weighted by molar-refractivity contribution is 5.53. The van der Waals surface area contributed by atoms with Gasteiger partial charge in [0.25, 0.3) is 0 Å². The third-order valence-corrected chi connectivity index (χ3v) is 2.23. The van der Waals surface area contributed by atoms with Crippen molar-refractivity contribution in [3.05, 3.63) is 23.9 Å². The quantitative estimate of drug-likeness (QED) is 0.612. The fourth-order valence-corrected chi connectivity index (χ4v) is 1.49. The molecule has 2 nitrogen and oxygen atoms in total. The predicted molar refractivity (Wildman–Crippen MR) is 47.9 cm³/mol. The second-order valence-electron chi connectivity index (χ2n) is 3.64. The lowest BCUT2D eigenvalue weighted by atomic mass is 9.88. The third kappa shape index (κ3) is 0.897. The van der Waals surface area contributed by atoms with Gasteiger partial charge < -0.3 is 5.32 Å². The zero-order valence-electron chi connectivity index (χ0n) is 6.89. The number of nitrogens with zero attached hydrogens (tertiary/aromatic N) is 1. The zero-order valence-corrected chi connectivity index (χ0v) is 6.89. The number of rotatable bonds is 0. The first kappa shape index (κ1) is 6.65.